The van der Waals surface area contributed by atoms with Crippen LogP contribution in [0.2, 0.25) is 0 Å². The largest absolute Gasteiger partial charge is 0.870 e. The lowest BCUT2D eigenvalue weighted by Crippen LogP contribution is -2.31. The molecule has 0 saturated carbocycles. The molecule has 0 amide bonds. The van der Waals surface area contributed by atoms with Crippen LogP contribution in [-0.4, -0.2) is 27.6 Å². The summed E-state index contributed by atoms with van der Waals surface area (Å²) in [5.74, 6) is 0.0278. The summed E-state index contributed by atoms with van der Waals surface area (Å²) in [4.78, 5) is 0. The Morgan fingerprint density at radius 3 is 2.95 bits per heavy atom. The number of aliphatic hydroxyl groups is 1. The molecule has 2 aliphatic rings. The van der Waals surface area contributed by atoms with Gasteiger partial charge in [-0.3, -0.25) is 0 Å². The van der Waals surface area contributed by atoms with Crippen LogP contribution in [0.3, 0.4) is 0 Å². The van der Waals surface area contributed by atoms with Crippen molar-refractivity contribution < 1.29 is 19.5 Å². The molecule has 1 atom stereocenters. The van der Waals surface area contributed by atoms with Gasteiger partial charge in [0.25, 0.3) is 5.03 Å². The normalized spacial score (nSPS) is 19.7. The van der Waals surface area contributed by atoms with Gasteiger partial charge < -0.3 is 10.6 Å². The van der Waals surface area contributed by atoms with Crippen LogP contribution in [0.4, 0.5) is 4.39 Å². The summed E-state index contributed by atoms with van der Waals surface area (Å²) in [5, 5.41) is 14.6. The highest BCUT2D eigenvalue weighted by molar-refractivity contribution is 8.08. The predicted octanol–water partition coefficient (Wildman–Crippen LogP) is 2.03. The molecule has 2 N–H and O–H groups in total. The van der Waals surface area contributed by atoms with Gasteiger partial charge in [-0.2, -0.15) is 4.58 Å². The van der Waals surface area contributed by atoms with E-state index in [2.05, 4.69) is 17.5 Å². The van der Waals surface area contributed by atoms with Crippen LogP contribution >= 0.6 is 23.1 Å². The second-order valence-corrected chi connectivity index (χ2v) is 6.75. The maximum Gasteiger partial charge on any atom is 0.359 e. The molecule has 4 rings (SSSR count). The summed E-state index contributed by atoms with van der Waals surface area (Å²) in [6.07, 6.45) is 2.11. The quantitative estimate of drug-likeness (QED) is 0.818. The molecule has 1 unspecified atom stereocenters. The average molecular weight is 321 g/mol. The second-order valence-electron chi connectivity index (χ2n) is 4.74. The highest BCUT2D eigenvalue weighted by atomic mass is 32.2. The van der Waals surface area contributed by atoms with Crippen LogP contribution in [-0.2, 0) is 0 Å². The minimum Gasteiger partial charge on any atom is -0.870 e. The van der Waals surface area contributed by atoms with Gasteiger partial charge in [-0.15, -0.1) is 11.3 Å². The lowest BCUT2D eigenvalue weighted by atomic mass is 10.1. The third kappa shape index (κ3) is 2.19. The van der Waals surface area contributed by atoms with E-state index in [9.17, 15) is 9.50 Å². The van der Waals surface area contributed by atoms with Crippen molar-refractivity contribution in [2.75, 3.05) is 6.54 Å². The number of benzene rings is 1. The number of rotatable bonds is 1. The van der Waals surface area contributed by atoms with Gasteiger partial charge in [0.15, 0.2) is 11.8 Å². The molecule has 3 heterocycles. The zero-order chi connectivity index (χ0) is 13.7. The van der Waals surface area contributed by atoms with Crippen molar-refractivity contribution in [3.63, 3.8) is 0 Å². The molecule has 0 fully saturated rings. The number of hydrogen-bond acceptors (Lipinski definition) is 3. The SMILES string of the molecule is OC1=[N+]2CC=c3ccsc3=C2SC1c1cccc(F)c1.[OH-]. The van der Waals surface area contributed by atoms with Crippen molar-refractivity contribution in [1.29, 1.82) is 0 Å². The first kappa shape index (κ1) is 14.3. The van der Waals surface area contributed by atoms with E-state index in [0.29, 0.717) is 12.4 Å². The average Bonchev–Trinajstić information content (AvgIpc) is 3.03. The van der Waals surface area contributed by atoms with Crippen LogP contribution in [0.1, 0.15) is 10.8 Å². The van der Waals surface area contributed by atoms with E-state index in [0.717, 1.165) is 10.6 Å². The van der Waals surface area contributed by atoms with E-state index >= 15 is 0 Å². The van der Waals surface area contributed by atoms with Crippen LogP contribution in [0.15, 0.2) is 35.7 Å². The van der Waals surface area contributed by atoms with Gasteiger partial charge in [0.1, 0.15) is 10.3 Å². The molecular weight excluding hydrogens is 309 g/mol. The first-order valence-corrected chi connectivity index (χ1v) is 8.03. The van der Waals surface area contributed by atoms with E-state index < -0.39 is 0 Å². The molecule has 2 aromatic rings. The number of hydrogen-bond donors (Lipinski definition) is 1. The van der Waals surface area contributed by atoms with Gasteiger partial charge in [-0.1, -0.05) is 12.1 Å². The maximum atomic E-state index is 13.4. The molecule has 1 aromatic carbocycles. The monoisotopic (exact) mass is 321 g/mol. The number of halogens is 1. The predicted molar refractivity (Wildman–Crippen MR) is 82.9 cm³/mol. The first-order valence-electron chi connectivity index (χ1n) is 6.27. The minimum atomic E-state index is -0.269. The number of thioether (sulfide) groups is 1. The summed E-state index contributed by atoms with van der Waals surface area (Å²) in [6.45, 7) is 0.670. The number of fused-ring (bicyclic) bond motifs is 2. The third-order valence-electron chi connectivity index (χ3n) is 3.52. The molecular formula is C15H12FNO2S2. The van der Waals surface area contributed by atoms with Gasteiger partial charge in [0, 0.05) is 5.22 Å². The van der Waals surface area contributed by atoms with Gasteiger partial charge in [-0.25, -0.2) is 4.39 Å². The molecule has 0 saturated heterocycles. The number of thiophene rings is 1. The van der Waals surface area contributed by atoms with Gasteiger partial charge in [0.05, 0.1) is 0 Å². The van der Waals surface area contributed by atoms with E-state index in [-0.39, 0.29) is 16.5 Å². The molecule has 108 valence electrons. The maximum absolute atomic E-state index is 13.4. The van der Waals surface area contributed by atoms with Crippen molar-refractivity contribution in [2.45, 2.75) is 5.25 Å². The van der Waals surface area contributed by atoms with E-state index in [1.807, 2.05) is 10.6 Å². The van der Waals surface area contributed by atoms with Crippen LogP contribution < -0.4 is 9.75 Å². The third-order valence-corrected chi connectivity index (χ3v) is 5.95. The summed E-state index contributed by atoms with van der Waals surface area (Å²) >= 11 is 3.27. The Bertz CT molecular complexity index is 857. The summed E-state index contributed by atoms with van der Waals surface area (Å²) in [7, 11) is 0. The van der Waals surface area contributed by atoms with Crippen molar-refractivity contribution in [2.24, 2.45) is 0 Å². The van der Waals surface area contributed by atoms with Gasteiger partial charge >= 0.3 is 5.90 Å². The molecule has 0 bridgehead atoms. The Morgan fingerprint density at radius 2 is 2.14 bits per heavy atom. The number of aliphatic hydroxyl groups excluding tert-OH is 1. The van der Waals surface area contributed by atoms with Gasteiger partial charge in [0.2, 0.25) is 0 Å². The zero-order valence-electron chi connectivity index (χ0n) is 10.9. The molecule has 0 spiro atoms. The van der Waals surface area contributed by atoms with E-state index in [1.165, 1.54) is 21.9 Å². The molecule has 1 aromatic heterocycles. The van der Waals surface area contributed by atoms with Gasteiger partial charge in [-0.05, 0) is 47.0 Å². The van der Waals surface area contributed by atoms with Crippen LogP contribution in [0.25, 0.3) is 11.1 Å². The lowest BCUT2D eigenvalue weighted by Gasteiger charge is -2.03. The molecule has 3 nitrogen and oxygen atoms in total. The Hall–Kier alpha value is -1.63. The Balaban J connectivity index is 0.00000132. The zero-order valence-corrected chi connectivity index (χ0v) is 12.5. The highest BCUT2D eigenvalue weighted by Crippen LogP contribution is 2.42. The molecule has 0 radical (unpaired) electrons. The Kier molecular flexibility index (Phi) is 3.61. The number of nitrogens with zero attached hydrogens (tertiary/aromatic N) is 1. The molecule has 21 heavy (non-hydrogen) atoms. The Labute approximate surface area is 128 Å². The van der Waals surface area contributed by atoms with Crippen molar-refractivity contribution in [1.82, 2.24) is 0 Å². The Morgan fingerprint density at radius 1 is 1.29 bits per heavy atom. The topological polar surface area (TPSA) is 53.2 Å². The van der Waals surface area contributed by atoms with E-state index in [4.69, 9.17) is 0 Å². The second kappa shape index (κ2) is 5.29. The highest BCUT2D eigenvalue weighted by Gasteiger charge is 2.41. The first-order chi connectivity index (χ1) is 9.74. The van der Waals surface area contributed by atoms with Crippen molar-refractivity contribution in [3.8, 4) is 0 Å². The van der Waals surface area contributed by atoms with E-state index in [1.54, 1.807) is 29.2 Å². The smallest absolute Gasteiger partial charge is 0.359 e. The fourth-order valence-corrected chi connectivity index (χ4v) is 4.95. The van der Waals surface area contributed by atoms with Crippen LogP contribution in [0, 0.1) is 5.82 Å². The fourth-order valence-electron chi connectivity index (χ4n) is 2.56. The molecule has 0 aliphatic carbocycles. The van der Waals surface area contributed by atoms with Crippen LogP contribution in [0.5, 0.6) is 0 Å². The van der Waals surface area contributed by atoms with Crippen molar-refractivity contribution in [3.05, 3.63) is 56.8 Å². The summed E-state index contributed by atoms with van der Waals surface area (Å²) in [5.41, 5.74) is 0.799. The fraction of sp³-hybridized carbons (Fsp3) is 0.133. The molecule has 2 aliphatic heterocycles. The standard InChI is InChI=1S/C15H10FNOS2.H2O/c16-11-3-1-2-10(8-11)12-14(18)17-6-4-9-5-7-19-13(9)15(17)20-12;/h1-5,7-8,12H,6H2;1H2. The minimum absolute atomic E-state index is 0. The summed E-state index contributed by atoms with van der Waals surface area (Å²) < 4.78 is 16.5. The van der Waals surface area contributed by atoms with Crippen molar-refractivity contribution >= 4 is 40.1 Å². The molecule has 6 heteroatoms. The summed E-state index contributed by atoms with van der Waals surface area (Å²) in [6, 6.07) is 8.55. The lowest BCUT2D eigenvalue weighted by molar-refractivity contribution is -0.419.